The smallest absolute Gasteiger partial charge is 0.127 e. The molecule has 2 aromatic rings. The van der Waals surface area contributed by atoms with Gasteiger partial charge in [0, 0.05) is 11.1 Å². The van der Waals surface area contributed by atoms with Crippen LogP contribution in [-0.2, 0) is 9.47 Å². The first-order valence-corrected chi connectivity index (χ1v) is 9.23. The highest BCUT2D eigenvalue weighted by atomic mass is 16.6. The molecule has 2 unspecified atom stereocenters. The van der Waals surface area contributed by atoms with E-state index in [1.54, 1.807) is 0 Å². The molecule has 0 spiro atoms. The zero-order valence-corrected chi connectivity index (χ0v) is 15.9. The number of epoxide rings is 2. The highest BCUT2D eigenvalue weighted by Crippen LogP contribution is 2.40. The molecular formula is C22H26O4. The van der Waals surface area contributed by atoms with E-state index in [4.69, 9.17) is 18.9 Å². The van der Waals surface area contributed by atoms with Crippen molar-refractivity contribution >= 4 is 0 Å². The molecule has 138 valence electrons. The van der Waals surface area contributed by atoms with Crippen LogP contribution in [0.4, 0.5) is 0 Å². The van der Waals surface area contributed by atoms with Gasteiger partial charge in [0.15, 0.2) is 0 Å². The second-order valence-corrected chi connectivity index (χ2v) is 7.40. The molecule has 0 saturated carbocycles. The van der Waals surface area contributed by atoms with Crippen molar-refractivity contribution in [1.82, 2.24) is 0 Å². The number of ether oxygens (including phenoxy) is 4. The third kappa shape index (κ3) is 3.87. The minimum Gasteiger partial charge on any atom is -0.490 e. The summed E-state index contributed by atoms with van der Waals surface area (Å²) in [6, 6.07) is 8.64. The third-order valence-corrected chi connectivity index (χ3v) is 5.14. The van der Waals surface area contributed by atoms with E-state index in [0.29, 0.717) is 13.2 Å². The molecule has 2 heterocycles. The Labute approximate surface area is 155 Å². The van der Waals surface area contributed by atoms with E-state index in [2.05, 4.69) is 52.0 Å². The summed E-state index contributed by atoms with van der Waals surface area (Å²) in [7, 11) is 0. The van der Waals surface area contributed by atoms with Gasteiger partial charge in [-0.25, -0.2) is 0 Å². The fraction of sp³-hybridized carbons (Fsp3) is 0.455. The maximum Gasteiger partial charge on any atom is 0.127 e. The molecule has 2 saturated heterocycles. The van der Waals surface area contributed by atoms with Crippen LogP contribution >= 0.6 is 0 Å². The standard InChI is InChI=1S/C22H26O4/c1-13-5-19(21(7-15(13)3)25-11-17-9-23-17)20-6-14(2)16(4)8-22(20)26-12-18-10-24-18/h5-8,17-18H,9-12H2,1-4H3. The monoisotopic (exact) mass is 354 g/mol. The molecule has 2 atom stereocenters. The van der Waals surface area contributed by atoms with Crippen molar-refractivity contribution in [2.24, 2.45) is 0 Å². The van der Waals surface area contributed by atoms with E-state index in [9.17, 15) is 0 Å². The second kappa shape index (κ2) is 6.93. The molecule has 0 radical (unpaired) electrons. The Balaban J connectivity index is 1.74. The summed E-state index contributed by atoms with van der Waals surface area (Å²) >= 11 is 0. The molecule has 26 heavy (non-hydrogen) atoms. The van der Waals surface area contributed by atoms with Gasteiger partial charge >= 0.3 is 0 Å². The van der Waals surface area contributed by atoms with E-state index >= 15 is 0 Å². The molecule has 0 amide bonds. The number of benzene rings is 2. The number of aryl methyl sites for hydroxylation is 4. The van der Waals surface area contributed by atoms with Gasteiger partial charge in [0.05, 0.1) is 13.2 Å². The van der Waals surface area contributed by atoms with Crippen LogP contribution in [0, 0.1) is 27.7 Å². The van der Waals surface area contributed by atoms with E-state index < -0.39 is 0 Å². The van der Waals surface area contributed by atoms with Crippen molar-refractivity contribution in [3.63, 3.8) is 0 Å². The largest absolute Gasteiger partial charge is 0.490 e. The number of hydrogen-bond acceptors (Lipinski definition) is 4. The Morgan fingerprint density at radius 1 is 0.692 bits per heavy atom. The van der Waals surface area contributed by atoms with Gasteiger partial charge in [0.25, 0.3) is 0 Å². The molecule has 4 heteroatoms. The van der Waals surface area contributed by atoms with E-state index in [0.717, 1.165) is 35.8 Å². The summed E-state index contributed by atoms with van der Waals surface area (Å²) in [5.74, 6) is 1.78. The van der Waals surface area contributed by atoms with E-state index in [-0.39, 0.29) is 12.2 Å². The van der Waals surface area contributed by atoms with Gasteiger partial charge in [-0.3, -0.25) is 0 Å². The number of hydrogen-bond donors (Lipinski definition) is 0. The molecule has 2 fully saturated rings. The quantitative estimate of drug-likeness (QED) is 0.701. The summed E-state index contributed by atoms with van der Waals surface area (Å²) in [6.07, 6.45) is 0.457. The minimum absolute atomic E-state index is 0.229. The van der Waals surface area contributed by atoms with Crippen molar-refractivity contribution in [1.29, 1.82) is 0 Å². The van der Waals surface area contributed by atoms with Crippen LogP contribution in [0.1, 0.15) is 22.3 Å². The van der Waals surface area contributed by atoms with Crippen LogP contribution in [-0.4, -0.2) is 38.6 Å². The van der Waals surface area contributed by atoms with Crippen molar-refractivity contribution in [3.05, 3.63) is 46.5 Å². The molecule has 2 aromatic carbocycles. The van der Waals surface area contributed by atoms with Gasteiger partial charge in [-0.2, -0.15) is 0 Å². The Kier molecular flexibility index (Phi) is 4.63. The average Bonchev–Trinajstić information content (AvgIpc) is 3.51. The van der Waals surface area contributed by atoms with E-state index in [1.807, 2.05) is 0 Å². The van der Waals surface area contributed by atoms with Crippen LogP contribution < -0.4 is 9.47 Å². The van der Waals surface area contributed by atoms with Crippen LogP contribution in [0.5, 0.6) is 11.5 Å². The summed E-state index contributed by atoms with van der Waals surface area (Å²) in [5, 5.41) is 0. The lowest BCUT2D eigenvalue weighted by atomic mass is 9.95. The zero-order valence-electron chi connectivity index (χ0n) is 15.9. The third-order valence-electron chi connectivity index (χ3n) is 5.14. The van der Waals surface area contributed by atoms with Gasteiger partial charge < -0.3 is 18.9 Å². The summed E-state index contributed by atoms with van der Waals surface area (Å²) in [6.45, 7) is 11.3. The fourth-order valence-electron chi connectivity index (χ4n) is 2.93. The lowest BCUT2D eigenvalue weighted by Gasteiger charge is -2.18. The molecule has 2 aliphatic heterocycles. The topological polar surface area (TPSA) is 43.5 Å². The Morgan fingerprint density at radius 3 is 1.38 bits per heavy atom. The summed E-state index contributed by atoms with van der Waals surface area (Å²) < 4.78 is 22.8. The normalized spacial score (nSPS) is 20.8. The van der Waals surface area contributed by atoms with Crippen molar-refractivity contribution in [3.8, 4) is 22.6 Å². The zero-order chi connectivity index (χ0) is 18.3. The van der Waals surface area contributed by atoms with Crippen molar-refractivity contribution in [2.45, 2.75) is 39.9 Å². The first kappa shape index (κ1) is 17.4. The SMILES string of the molecule is Cc1cc(OCC2CO2)c(-c2cc(C)c(C)cc2OCC2CO2)cc1C. The van der Waals surface area contributed by atoms with Crippen molar-refractivity contribution in [2.75, 3.05) is 26.4 Å². The molecule has 0 aromatic heterocycles. The first-order chi connectivity index (χ1) is 12.5. The maximum atomic E-state index is 6.11. The van der Waals surface area contributed by atoms with Crippen LogP contribution in [0.3, 0.4) is 0 Å². The Bertz CT molecular complexity index is 750. The van der Waals surface area contributed by atoms with Gasteiger partial charge in [0.2, 0.25) is 0 Å². The highest BCUT2D eigenvalue weighted by molar-refractivity contribution is 5.78. The lowest BCUT2D eigenvalue weighted by Crippen LogP contribution is -2.08. The molecule has 0 aliphatic carbocycles. The van der Waals surface area contributed by atoms with Gasteiger partial charge in [-0.15, -0.1) is 0 Å². The maximum absolute atomic E-state index is 6.11. The van der Waals surface area contributed by atoms with Gasteiger partial charge in [-0.1, -0.05) is 0 Å². The summed E-state index contributed by atoms with van der Waals surface area (Å²) in [4.78, 5) is 0. The molecular weight excluding hydrogens is 328 g/mol. The molecule has 0 N–H and O–H groups in total. The molecule has 2 aliphatic rings. The first-order valence-electron chi connectivity index (χ1n) is 9.23. The average molecular weight is 354 g/mol. The van der Waals surface area contributed by atoms with Gasteiger partial charge in [0.1, 0.15) is 36.9 Å². The predicted octanol–water partition coefficient (Wildman–Crippen LogP) is 4.14. The number of rotatable bonds is 7. The van der Waals surface area contributed by atoms with Crippen LogP contribution in [0.25, 0.3) is 11.1 Å². The lowest BCUT2D eigenvalue weighted by molar-refractivity contribution is 0.261. The van der Waals surface area contributed by atoms with E-state index in [1.165, 1.54) is 22.3 Å². The van der Waals surface area contributed by atoms with Crippen LogP contribution in [0.15, 0.2) is 24.3 Å². The Hall–Kier alpha value is -2.04. The molecule has 4 nitrogen and oxygen atoms in total. The minimum atomic E-state index is 0.229. The molecule has 0 bridgehead atoms. The summed E-state index contributed by atoms with van der Waals surface area (Å²) in [5.41, 5.74) is 7.07. The Morgan fingerprint density at radius 2 is 1.04 bits per heavy atom. The van der Waals surface area contributed by atoms with Crippen molar-refractivity contribution < 1.29 is 18.9 Å². The fourth-order valence-corrected chi connectivity index (χ4v) is 2.93. The van der Waals surface area contributed by atoms with Crippen LogP contribution in [0.2, 0.25) is 0 Å². The highest BCUT2D eigenvalue weighted by Gasteiger charge is 2.26. The van der Waals surface area contributed by atoms with Gasteiger partial charge in [-0.05, 0) is 74.2 Å². The predicted molar refractivity (Wildman–Crippen MR) is 101 cm³/mol. The second-order valence-electron chi connectivity index (χ2n) is 7.40. The molecule has 4 rings (SSSR count).